The zero-order valence-corrected chi connectivity index (χ0v) is 11.6. The lowest BCUT2D eigenvalue weighted by atomic mass is 10.2. The van der Waals surface area contributed by atoms with Crippen LogP contribution in [0.4, 0.5) is 0 Å². The highest BCUT2D eigenvalue weighted by atomic mass is 16.3. The van der Waals surface area contributed by atoms with Crippen LogP contribution in [0.15, 0.2) is 22.9 Å². The molecule has 1 aliphatic rings. The summed E-state index contributed by atoms with van der Waals surface area (Å²) in [6, 6.07) is 2.13. The standard InChI is InChI=1S/C11H11NO.2C2H6/c1-7-5-12-6-9-4-10(8-2-3-8)13-11(7)9;2*1-2/h4-6,8H,2-3H2,1H3;2*1-2H3. The summed E-state index contributed by atoms with van der Waals surface area (Å²) in [7, 11) is 0. The molecule has 0 bridgehead atoms. The molecule has 2 aromatic heterocycles. The van der Waals surface area contributed by atoms with E-state index in [-0.39, 0.29) is 0 Å². The highest BCUT2D eigenvalue weighted by molar-refractivity contribution is 5.79. The summed E-state index contributed by atoms with van der Waals surface area (Å²) in [6.07, 6.45) is 6.29. The van der Waals surface area contributed by atoms with Crippen LogP contribution in [0.25, 0.3) is 11.0 Å². The van der Waals surface area contributed by atoms with Gasteiger partial charge in [-0.15, -0.1) is 0 Å². The highest BCUT2D eigenvalue weighted by Crippen LogP contribution is 2.42. The van der Waals surface area contributed by atoms with E-state index in [1.165, 1.54) is 12.8 Å². The lowest BCUT2D eigenvalue weighted by Gasteiger charge is -1.91. The van der Waals surface area contributed by atoms with Crippen molar-refractivity contribution in [3.63, 3.8) is 0 Å². The van der Waals surface area contributed by atoms with Gasteiger partial charge in [-0.25, -0.2) is 0 Å². The first-order valence-corrected chi connectivity index (χ1v) is 6.68. The molecule has 1 fully saturated rings. The van der Waals surface area contributed by atoms with E-state index >= 15 is 0 Å². The van der Waals surface area contributed by atoms with Crippen LogP contribution < -0.4 is 0 Å². The number of fused-ring (bicyclic) bond motifs is 1. The molecule has 0 unspecified atom stereocenters. The normalized spacial score (nSPS) is 13.5. The minimum absolute atomic E-state index is 0.687. The molecule has 0 atom stereocenters. The van der Waals surface area contributed by atoms with Crippen molar-refractivity contribution < 1.29 is 4.42 Å². The lowest BCUT2D eigenvalue weighted by molar-refractivity contribution is 0.550. The minimum atomic E-state index is 0.687. The molecule has 0 radical (unpaired) electrons. The number of hydrogen-bond acceptors (Lipinski definition) is 2. The van der Waals surface area contributed by atoms with Crippen molar-refractivity contribution in [2.45, 2.75) is 53.4 Å². The lowest BCUT2D eigenvalue weighted by Crippen LogP contribution is -1.74. The third-order valence-electron chi connectivity index (χ3n) is 2.60. The Morgan fingerprint density at radius 2 is 1.76 bits per heavy atom. The quantitative estimate of drug-likeness (QED) is 0.687. The zero-order chi connectivity index (χ0) is 12.8. The van der Waals surface area contributed by atoms with Gasteiger partial charge >= 0.3 is 0 Å². The molecule has 1 aliphatic carbocycles. The summed E-state index contributed by atoms with van der Waals surface area (Å²) in [5, 5.41) is 1.14. The summed E-state index contributed by atoms with van der Waals surface area (Å²) >= 11 is 0. The van der Waals surface area contributed by atoms with Gasteiger partial charge in [0.25, 0.3) is 0 Å². The minimum Gasteiger partial charge on any atom is -0.460 e. The average Bonchev–Trinajstić information content (AvgIpc) is 3.15. The van der Waals surface area contributed by atoms with Crippen molar-refractivity contribution in [2.24, 2.45) is 0 Å². The Bertz CT molecular complexity index is 455. The predicted octanol–water partition coefficient (Wildman–Crippen LogP) is 5.07. The molecule has 2 heterocycles. The second kappa shape index (κ2) is 6.43. The van der Waals surface area contributed by atoms with E-state index in [0.717, 1.165) is 22.3 Å². The van der Waals surface area contributed by atoms with E-state index in [4.69, 9.17) is 4.42 Å². The zero-order valence-electron chi connectivity index (χ0n) is 11.6. The summed E-state index contributed by atoms with van der Waals surface area (Å²) in [6.45, 7) is 10.0. The largest absolute Gasteiger partial charge is 0.460 e. The van der Waals surface area contributed by atoms with E-state index in [9.17, 15) is 0 Å². The van der Waals surface area contributed by atoms with Gasteiger partial charge in [-0.05, 0) is 25.8 Å². The molecule has 2 nitrogen and oxygen atoms in total. The van der Waals surface area contributed by atoms with Crippen LogP contribution in [0.2, 0.25) is 0 Å². The van der Waals surface area contributed by atoms with Crippen molar-refractivity contribution in [3.8, 4) is 0 Å². The van der Waals surface area contributed by atoms with E-state index in [2.05, 4.69) is 11.1 Å². The number of pyridine rings is 1. The molecule has 3 rings (SSSR count). The Morgan fingerprint density at radius 1 is 1.12 bits per heavy atom. The first-order chi connectivity index (χ1) is 8.34. The van der Waals surface area contributed by atoms with Crippen LogP contribution in [-0.4, -0.2) is 4.98 Å². The summed E-state index contributed by atoms with van der Waals surface area (Å²) < 4.78 is 5.78. The molecule has 2 aromatic rings. The summed E-state index contributed by atoms with van der Waals surface area (Å²) in [5.41, 5.74) is 2.14. The molecular formula is C15H23NO. The fourth-order valence-corrected chi connectivity index (χ4v) is 1.69. The number of aromatic nitrogens is 1. The molecule has 0 amide bonds. The molecule has 0 spiro atoms. The third kappa shape index (κ3) is 3.09. The fourth-order valence-electron chi connectivity index (χ4n) is 1.69. The topological polar surface area (TPSA) is 26.0 Å². The predicted molar refractivity (Wildman–Crippen MR) is 73.4 cm³/mol. The second-order valence-electron chi connectivity index (χ2n) is 3.80. The maximum atomic E-state index is 5.78. The first kappa shape index (κ1) is 13.8. The van der Waals surface area contributed by atoms with Crippen LogP contribution in [0.1, 0.15) is 57.8 Å². The Kier molecular flexibility index (Phi) is 5.20. The first-order valence-electron chi connectivity index (χ1n) is 6.68. The highest BCUT2D eigenvalue weighted by Gasteiger charge is 2.27. The van der Waals surface area contributed by atoms with Gasteiger partial charge in [0.2, 0.25) is 0 Å². The van der Waals surface area contributed by atoms with Gasteiger partial charge in [0.05, 0.1) is 0 Å². The van der Waals surface area contributed by atoms with Crippen molar-refractivity contribution in [2.75, 3.05) is 0 Å². The second-order valence-corrected chi connectivity index (χ2v) is 3.80. The number of furan rings is 1. The van der Waals surface area contributed by atoms with Gasteiger partial charge in [-0.3, -0.25) is 4.98 Å². The van der Waals surface area contributed by atoms with Crippen molar-refractivity contribution in [1.29, 1.82) is 0 Å². The van der Waals surface area contributed by atoms with Gasteiger partial charge in [-0.1, -0.05) is 27.7 Å². The van der Waals surface area contributed by atoms with Gasteiger partial charge in [0.15, 0.2) is 0 Å². The molecule has 1 saturated carbocycles. The molecular weight excluding hydrogens is 210 g/mol. The average molecular weight is 233 g/mol. The Hall–Kier alpha value is -1.31. The smallest absolute Gasteiger partial charge is 0.140 e. The van der Waals surface area contributed by atoms with Crippen LogP contribution in [0, 0.1) is 6.92 Å². The van der Waals surface area contributed by atoms with Crippen molar-refractivity contribution in [1.82, 2.24) is 4.98 Å². The Morgan fingerprint density at radius 3 is 2.29 bits per heavy atom. The number of nitrogens with zero attached hydrogens (tertiary/aromatic N) is 1. The van der Waals surface area contributed by atoms with Crippen LogP contribution in [0.5, 0.6) is 0 Å². The van der Waals surface area contributed by atoms with Crippen LogP contribution >= 0.6 is 0 Å². The van der Waals surface area contributed by atoms with Crippen LogP contribution in [0.3, 0.4) is 0 Å². The molecule has 17 heavy (non-hydrogen) atoms. The third-order valence-corrected chi connectivity index (χ3v) is 2.60. The van der Waals surface area contributed by atoms with E-state index in [0.29, 0.717) is 5.92 Å². The number of aryl methyl sites for hydroxylation is 1. The summed E-state index contributed by atoms with van der Waals surface area (Å²) in [5.74, 6) is 1.83. The Balaban J connectivity index is 0.000000330. The molecule has 0 N–H and O–H groups in total. The monoisotopic (exact) mass is 233 g/mol. The maximum absolute atomic E-state index is 5.78. The van der Waals surface area contributed by atoms with E-state index in [1.807, 2.05) is 47.0 Å². The number of hydrogen-bond donors (Lipinski definition) is 0. The SMILES string of the molecule is CC.CC.Cc1cncc2cc(C3CC3)oc12. The maximum Gasteiger partial charge on any atom is 0.140 e. The molecule has 0 aromatic carbocycles. The summed E-state index contributed by atoms with van der Waals surface area (Å²) in [4.78, 5) is 4.15. The van der Waals surface area contributed by atoms with E-state index < -0.39 is 0 Å². The van der Waals surface area contributed by atoms with Gasteiger partial charge in [-0.2, -0.15) is 0 Å². The molecule has 0 aliphatic heterocycles. The van der Waals surface area contributed by atoms with Crippen molar-refractivity contribution in [3.05, 3.63) is 29.8 Å². The molecule has 2 heteroatoms. The van der Waals surface area contributed by atoms with Crippen molar-refractivity contribution >= 4 is 11.0 Å². The fraction of sp³-hybridized carbons (Fsp3) is 0.533. The Labute approximate surface area is 104 Å². The number of rotatable bonds is 1. The molecule has 0 saturated heterocycles. The van der Waals surface area contributed by atoms with Gasteiger partial charge in [0, 0.05) is 29.3 Å². The van der Waals surface area contributed by atoms with Gasteiger partial charge < -0.3 is 4.42 Å². The van der Waals surface area contributed by atoms with Crippen LogP contribution in [-0.2, 0) is 0 Å². The van der Waals surface area contributed by atoms with E-state index in [1.54, 1.807) is 0 Å². The molecule has 94 valence electrons. The van der Waals surface area contributed by atoms with Gasteiger partial charge in [0.1, 0.15) is 11.3 Å².